The zero-order valence-electron chi connectivity index (χ0n) is 11.4. The molecule has 0 spiro atoms. The van der Waals surface area contributed by atoms with Crippen molar-refractivity contribution in [3.63, 3.8) is 0 Å². The van der Waals surface area contributed by atoms with Crippen LogP contribution in [-0.2, 0) is 0 Å². The molecule has 0 radical (unpaired) electrons. The van der Waals surface area contributed by atoms with Crippen LogP contribution in [0.25, 0.3) is 10.8 Å². The number of carbonyl (C=O) groups is 2. The van der Waals surface area contributed by atoms with Gasteiger partial charge < -0.3 is 0 Å². The Kier molecular flexibility index (Phi) is 8.12. The van der Waals surface area contributed by atoms with E-state index in [0.29, 0.717) is 17.4 Å². The third kappa shape index (κ3) is 3.52. The van der Waals surface area contributed by atoms with Crippen LogP contribution in [0.1, 0.15) is 48.4 Å². The molecule has 0 heterocycles. The van der Waals surface area contributed by atoms with Crippen molar-refractivity contribution in [2.24, 2.45) is 0 Å². The SMILES string of the molecule is CC.CC.O=Cc1ccc2ccccc2c1C=O. The van der Waals surface area contributed by atoms with Crippen molar-refractivity contribution in [1.82, 2.24) is 0 Å². The first kappa shape index (κ1) is 16.0. The molecule has 0 unspecified atom stereocenters. The molecule has 0 amide bonds. The summed E-state index contributed by atoms with van der Waals surface area (Å²) in [5.41, 5.74) is 0.914. The fourth-order valence-corrected chi connectivity index (χ4v) is 1.55. The Bertz CT molecular complexity index is 501. The molecular weight excluding hydrogens is 224 g/mol. The van der Waals surface area contributed by atoms with Gasteiger partial charge in [-0.2, -0.15) is 0 Å². The normalized spacial score (nSPS) is 8.44. The summed E-state index contributed by atoms with van der Waals surface area (Å²) in [7, 11) is 0. The summed E-state index contributed by atoms with van der Waals surface area (Å²) >= 11 is 0. The topological polar surface area (TPSA) is 34.1 Å². The minimum Gasteiger partial charge on any atom is -0.298 e. The van der Waals surface area contributed by atoms with Crippen LogP contribution in [0, 0.1) is 0 Å². The molecule has 2 heteroatoms. The zero-order valence-corrected chi connectivity index (χ0v) is 11.4. The lowest BCUT2D eigenvalue weighted by atomic mass is 10.0. The summed E-state index contributed by atoms with van der Waals surface area (Å²) in [6.45, 7) is 8.00. The second-order valence-electron chi connectivity index (χ2n) is 3.03. The maximum atomic E-state index is 10.8. The fraction of sp³-hybridized carbons (Fsp3) is 0.250. The largest absolute Gasteiger partial charge is 0.298 e. The van der Waals surface area contributed by atoms with Crippen molar-refractivity contribution in [3.8, 4) is 0 Å². The van der Waals surface area contributed by atoms with Gasteiger partial charge in [0.05, 0.1) is 0 Å². The van der Waals surface area contributed by atoms with Crippen LogP contribution in [0.3, 0.4) is 0 Å². The maximum absolute atomic E-state index is 10.8. The Labute approximate surface area is 109 Å². The maximum Gasteiger partial charge on any atom is 0.151 e. The molecule has 0 aliphatic heterocycles. The number of hydrogen-bond donors (Lipinski definition) is 0. The van der Waals surface area contributed by atoms with Crippen LogP contribution in [0.4, 0.5) is 0 Å². The molecule has 2 aromatic rings. The second-order valence-corrected chi connectivity index (χ2v) is 3.03. The van der Waals surface area contributed by atoms with E-state index >= 15 is 0 Å². The van der Waals surface area contributed by atoms with Gasteiger partial charge in [0.2, 0.25) is 0 Å². The van der Waals surface area contributed by atoms with E-state index in [1.807, 2.05) is 58.0 Å². The van der Waals surface area contributed by atoms with Crippen molar-refractivity contribution in [2.45, 2.75) is 27.7 Å². The van der Waals surface area contributed by atoms with Crippen LogP contribution in [-0.4, -0.2) is 12.6 Å². The van der Waals surface area contributed by atoms with Gasteiger partial charge in [-0.25, -0.2) is 0 Å². The van der Waals surface area contributed by atoms with Crippen molar-refractivity contribution in [3.05, 3.63) is 47.5 Å². The number of carbonyl (C=O) groups excluding carboxylic acids is 2. The third-order valence-corrected chi connectivity index (χ3v) is 2.25. The van der Waals surface area contributed by atoms with E-state index in [9.17, 15) is 9.59 Å². The Morgan fingerprint density at radius 2 is 1.39 bits per heavy atom. The van der Waals surface area contributed by atoms with E-state index in [2.05, 4.69) is 0 Å². The molecule has 0 bridgehead atoms. The molecule has 2 aromatic carbocycles. The highest BCUT2D eigenvalue weighted by molar-refractivity contribution is 6.04. The molecule has 0 aliphatic rings. The van der Waals surface area contributed by atoms with Crippen molar-refractivity contribution in [1.29, 1.82) is 0 Å². The van der Waals surface area contributed by atoms with Gasteiger partial charge in [0, 0.05) is 11.1 Å². The highest BCUT2D eigenvalue weighted by Crippen LogP contribution is 2.19. The average Bonchev–Trinajstić information content (AvgIpc) is 2.50. The standard InChI is InChI=1S/C12H8O2.2C2H6/c13-7-10-6-5-9-3-1-2-4-11(9)12(10)8-14;2*1-2/h1-8H;2*1-2H3. The van der Waals surface area contributed by atoms with Crippen LogP contribution in [0.5, 0.6) is 0 Å². The van der Waals surface area contributed by atoms with E-state index in [1.165, 1.54) is 0 Å². The van der Waals surface area contributed by atoms with E-state index < -0.39 is 0 Å². The van der Waals surface area contributed by atoms with Gasteiger partial charge in [0.15, 0.2) is 12.6 Å². The van der Waals surface area contributed by atoms with Gasteiger partial charge in [-0.3, -0.25) is 9.59 Å². The number of rotatable bonds is 2. The molecule has 18 heavy (non-hydrogen) atoms. The average molecular weight is 244 g/mol. The molecule has 0 saturated heterocycles. The summed E-state index contributed by atoms with van der Waals surface area (Å²) in [5, 5.41) is 1.80. The van der Waals surface area contributed by atoms with Gasteiger partial charge in [-0.1, -0.05) is 64.1 Å². The zero-order chi connectivity index (χ0) is 14.0. The lowest BCUT2D eigenvalue weighted by Gasteiger charge is -2.02. The van der Waals surface area contributed by atoms with Gasteiger partial charge in [0.25, 0.3) is 0 Å². The van der Waals surface area contributed by atoms with Crippen molar-refractivity contribution < 1.29 is 9.59 Å². The van der Waals surface area contributed by atoms with Crippen molar-refractivity contribution >= 4 is 23.3 Å². The Hall–Kier alpha value is -1.96. The van der Waals surface area contributed by atoms with Crippen LogP contribution >= 0.6 is 0 Å². The Morgan fingerprint density at radius 3 is 1.94 bits per heavy atom. The first-order valence-corrected chi connectivity index (χ1v) is 6.29. The van der Waals surface area contributed by atoms with E-state index in [1.54, 1.807) is 6.07 Å². The minimum absolute atomic E-state index is 0.443. The predicted molar refractivity (Wildman–Crippen MR) is 77.4 cm³/mol. The molecule has 0 atom stereocenters. The lowest BCUT2D eigenvalue weighted by Crippen LogP contribution is -1.91. The molecule has 2 rings (SSSR count). The number of fused-ring (bicyclic) bond motifs is 1. The van der Waals surface area contributed by atoms with Gasteiger partial charge in [-0.05, 0) is 10.8 Å². The molecule has 0 aromatic heterocycles. The first-order chi connectivity index (χ1) is 8.86. The van der Waals surface area contributed by atoms with E-state index in [0.717, 1.165) is 17.1 Å². The molecule has 0 N–H and O–H groups in total. The number of aldehydes is 2. The number of benzene rings is 2. The van der Waals surface area contributed by atoms with Crippen LogP contribution in [0.15, 0.2) is 36.4 Å². The fourth-order valence-electron chi connectivity index (χ4n) is 1.55. The third-order valence-electron chi connectivity index (χ3n) is 2.25. The minimum atomic E-state index is 0.443. The smallest absolute Gasteiger partial charge is 0.151 e. The molecule has 0 fully saturated rings. The van der Waals surface area contributed by atoms with Gasteiger partial charge >= 0.3 is 0 Å². The molecular formula is C16H20O2. The molecule has 0 aliphatic carbocycles. The quantitative estimate of drug-likeness (QED) is 0.728. The summed E-state index contributed by atoms with van der Waals surface area (Å²) in [6.07, 6.45) is 1.43. The first-order valence-electron chi connectivity index (χ1n) is 6.29. The summed E-state index contributed by atoms with van der Waals surface area (Å²) in [5.74, 6) is 0. The second kappa shape index (κ2) is 9.11. The Balaban J connectivity index is 0.000000659. The van der Waals surface area contributed by atoms with E-state index in [4.69, 9.17) is 0 Å². The monoisotopic (exact) mass is 244 g/mol. The number of hydrogen-bond acceptors (Lipinski definition) is 2. The molecule has 0 saturated carbocycles. The van der Waals surface area contributed by atoms with Crippen LogP contribution in [0.2, 0.25) is 0 Å². The summed E-state index contributed by atoms with van der Waals surface area (Å²) in [4.78, 5) is 21.5. The summed E-state index contributed by atoms with van der Waals surface area (Å²) in [6, 6.07) is 11.0. The van der Waals surface area contributed by atoms with Gasteiger partial charge in [0.1, 0.15) is 0 Å². The highest BCUT2D eigenvalue weighted by Gasteiger charge is 2.04. The summed E-state index contributed by atoms with van der Waals surface area (Å²) < 4.78 is 0. The Morgan fingerprint density at radius 1 is 0.778 bits per heavy atom. The molecule has 96 valence electrons. The predicted octanol–water partition coefficient (Wildman–Crippen LogP) is 4.52. The van der Waals surface area contributed by atoms with Crippen molar-refractivity contribution in [2.75, 3.05) is 0 Å². The van der Waals surface area contributed by atoms with E-state index in [-0.39, 0.29) is 0 Å². The lowest BCUT2D eigenvalue weighted by molar-refractivity contribution is 0.109. The van der Waals surface area contributed by atoms with Crippen LogP contribution < -0.4 is 0 Å². The van der Waals surface area contributed by atoms with Gasteiger partial charge in [-0.15, -0.1) is 0 Å². The highest BCUT2D eigenvalue weighted by atomic mass is 16.1. The molecule has 2 nitrogen and oxygen atoms in total.